The molecule has 1 saturated heterocycles. The lowest BCUT2D eigenvalue weighted by atomic mass is 10.2. The number of nitrogens with two attached hydrogens (primary N) is 1. The van der Waals surface area contributed by atoms with E-state index < -0.39 is 15.6 Å². The van der Waals surface area contributed by atoms with Gasteiger partial charge in [0, 0.05) is 32.2 Å². The summed E-state index contributed by atoms with van der Waals surface area (Å²) in [6, 6.07) is 9.77. The van der Waals surface area contributed by atoms with Gasteiger partial charge in [-0.2, -0.15) is 10.2 Å². The van der Waals surface area contributed by atoms with E-state index in [-0.39, 0.29) is 23.4 Å². The van der Waals surface area contributed by atoms with Crippen molar-refractivity contribution in [1.82, 2.24) is 14.9 Å². The molecule has 1 fully saturated rings. The second-order valence-corrected chi connectivity index (χ2v) is 10.1. The van der Waals surface area contributed by atoms with E-state index in [1.807, 2.05) is 31.7 Å². The molecule has 176 valence electrons. The minimum atomic E-state index is -3.63. The van der Waals surface area contributed by atoms with Crippen LogP contribution in [0.25, 0.3) is 0 Å². The zero-order valence-electron chi connectivity index (χ0n) is 18.7. The Morgan fingerprint density at radius 1 is 1.15 bits per heavy atom. The van der Waals surface area contributed by atoms with Crippen molar-refractivity contribution >= 4 is 22.1 Å². The predicted octanol–water partition coefficient (Wildman–Crippen LogP) is 1.99. The van der Waals surface area contributed by atoms with Crippen LogP contribution in [0.5, 0.6) is 11.6 Å². The molecule has 0 bridgehead atoms. The fourth-order valence-electron chi connectivity index (χ4n) is 3.09. The van der Waals surface area contributed by atoms with Crippen LogP contribution in [0.4, 0.5) is 10.7 Å². The maximum absolute atomic E-state index is 12.3. The molecule has 3 rings (SSSR count). The summed E-state index contributed by atoms with van der Waals surface area (Å²) in [7, 11) is -3.63. The minimum Gasteiger partial charge on any atom is -0.444 e. The Morgan fingerprint density at radius 2 is 1.79 bits per heavy atom. The topological polar surface area (TPSA) is 152 Å². The molecule has 33 heavy (non-hydrogen) atoms. The molecule has 1 aromatic heterocycles. The largest absolute Gasteiger partial charge is 0.444 e. The maximum atomic E-state index is 12.3. The van der Waals surface area contributed by atoms with Gasteiger partial charge in [-0.25, -0.2) is 23.3 Å². The van der Waals surface area contributed by atoms with Crippen molar-refractivity contribution in [1.29, 1.82) is 5.26 Å². The molecule has 2 aromatic rings. The number of ether oxygens (including phenoxy) is 2. The van der Waals surface area contributed by atoms with Gasteiger partial charge >= 0.3 is 6.09 Å². The van der Waals surface area contributed by atoms with Crippen LogP contribution in [-0.4, -0.2) is 61.2 Å². The molecule has 11 nitrogen and oxygen atoms in total. The van der Waals surface area contributed by atoms with Gasteiger partial charge in [-0.1, -0.05) is 12.1 Å². The lowest BCUT2D eigenvalue weighted by Crippen LogP contribution is -2.50. The third kappa shape index (κ3) is 7.30. The van der Waals surface area contributed by atoms with E-state index in [0.29, 0.717) is 43.4 Å². The lowest BCUT2D eigenvalue weighted by molar-refractivity contribution is 0.0240. The number of hydrogen-bond acceptors (Lipinski definition) is 9. The van der Waals surface area contributed by atoms with Gasteiger partial charge in [0.2, 0.25) is 21.9 Å². The fraction of sp³-hybridized carbons (Fsp3) is 0.429. The summed E-state index contributed by atoms with van der Waals surface area (Å²) >= 11 is 0. The number of rotatable bonds is 5. The van der Waals surface area contributed by atoms with Gasteiger partial charge in [-0.05, 0) is 38.5 Å². The van der Waals surface area contributed by atoms with E-state index in [1.165, 1.54) is 6.07 Å². The van der Waals surface area contributed by atoms with Crippen molar-refractivity contribution in [2.75, 3.05) is 31.1 Å². The monoisotopic (exact) mass is 474 g/mol. The van der Waals surface area contributed by atoms with E-state index in [2.05, 4.69) is 9.97 Å². The Hall–Kier alpha value is -3.43. The standard InChI is InChI=1S/C21H26N6O5S/c1-21(2,3)32-20(28)27-10-8-26(9-11-27)19-24-16(13-22)12-18(25-19)31-17-6-4-15(5-7-17)14-33(23,29)30/h4-7,12H,8-11,14H2,1-3H3,(H2,23,29,30). The summed E-state index contributed by atoms with van der Waals surface area (Å²) in [5.74, 6) is 0.624. The molecule has 0 aliphatic carbocycles. The third-order valence-corrected chi connectivity index (χ3v) is 5.27. The number of hydrogen-bond donors (Lipinski definition) is 1. The molecule has 2 N–H and O–H groups in total. The first-order valence-electron chi connectivity index (χ1n) is 10.2. The Balaban J connectivity index is 1.69. The highest BCUT2D eigenvalue weighted by Crippen LogP contribution is 2.24. The van der Waals surface area contributed by atoms with Crippen LogP contribution in [0, 0.1) is 11.3 Å². The number of aromatic nitrogens is 2. The van der Waals surface area contributed by atoms with Crippen LogP contribution in [0.15, 0.2) is 30.3 Å². The molecular formula is C21H26N6O5S. The van der Waals surface area contributed by atoms with E-state index in [4.69, 9.17) is 14.6 Å². The van der Waals surface area contributed by atoms with Crippen molar-refractivity contribution in [3.8, 4) is 17.7 Å². The Morgan fingerprint density at radius 3 is 2.33 bits per heavy atom. The zero-order chi connectivity index (χ0) is 24.2. The van der Waals surface area contributed by atoms with Gasteiger partial charge in [0.05, 0.1) is 5.75 Å². The molecule has 12 heteroatoms. The number of carbonyl (C=O) groups is 1. The number of anilines is 1. The molecule has 1 aromatic carbocycles. The molecule has 0 radical (unpaired) electrons. The average Bonchev–Trinajstić information content (AvgIpc) is 2.73. The highest BCUT2D eigenvalue weighted by Gasteiger charge is 2.27. The number of sulfonamides is 1. The van der Waals surface area contributed by atoms with Gasteiger partial charge in [-0.15, -0.1) is 0 Å². The SMILES string of the molecule is CC(C)(C)OC(=O)N1CCN(c2nc(C#N)cc(Oc3ccc(CS(N)(=O)=O)cc3)n2)CC1. The van der Waals surface area contributed by atoms with Crippen LogP contribution in [-0.2, 0) is 20.5 Å². The molecule has 0 unspecified atom stereocenters. The fourth-order valence-corrected chi connectivity index (χ4v) is 3.74. The average molecular weight is 475 g/mol. The number of piperazine rings is 1. The quantitative estimate of drug-likeness (QED) is 0.685. The summed E-state index contributed by atoms with van der Waals surface area (Å²) in [5.41, 5.74) is 0.0887. The third-order valence-electron chi connectivity index (χ3n) is 4.53. The maximum Gasteiger partial charge on any atom is 0.410 e. The summed E-state index contributed by atoms with van der Waals surface area (Å²) in [5, 5.41) is 14.4. The number of amides is 1. The number of primary sulfonamides is 1. The van der Waals surface area contributed by atoms with Crippen LogP contribution < -0.4 is 14.8 Å². The summed E-state index contributed by atoms with van der Waals surface area (Å²) in [6.45, 7) is 7.24. The first-order valence-corrected chi connectivity index (χ1v) is 11.9. The highest BCUT2D eigenvalue weighted by atomic mass is 32.2. The van der Waals surface area contributed by atoms with Crippen molar-refractivity contribution in [3.63, 3.8) is 0 Å². The number of nitriles is 1. The number of carbonyl (C=O) groups excluding carboxylic acids is 1. The Kier molecular flexibility index (Phi) is 7.04. The van der Waals surface area contributed by atoms with E-state index in [9.17, 15) is 18.5 Å². The van der Waals surface area contributed by atoms with Crippen LogP contribution in [0.1, 0.15) is 32.0 Å². The van der Waals surface area contributed by atoms with Crippen molar-refractivity contribution in [3.05, 3.63) is 41.6 Å². The van der Waals surface area contributed by atoms with Crippen LogP contribution >= 0.6 is 0 Å². The normalized spacial score (nSPS) is 14.5. The summed E-state index contributed by atoms with van der Waals surface area (Å²) in [4.78, 5) is 24.4. The molecule has 0 spiro atoms. The smallest absolute Gasteiger partial charge is 0.410 e. The summed E-state index contributed by atoms with van der Waals surface area (Å²) < 4.78 is 33.6. The second-order valence-electron chi connectivity index (χ2n) is 8.51. The van der Waals surface area contributed by atoms with Gasteiger partial charge in [0.15, 0.2) is 0 Å². The first kappa shape index (κ1) is 24.2. The number of benzene rings is 1. The van der Waals surface area contributed by atoms with Crippen LogP contribution in [0.2, 0.25) is 0 Å². The van der Waals surface area contributed by atoms with E-state index >= 15 is 0 Å². The zero-order valence-corrected chi connectivity index (χ0v) is 19.5. The molecule has 1 aliphatic rings. The summed E-state index contributed by atoms with van der Waals surface area (Å²) in [6.07, 6.45) is -0.372. The van der Waals surface area contributed by atoms with Gasteiger partial charge < -0.3 is 19.3 Å². The molecule has 0 atom stereocenters. The minimum absolute atomic E-state index is 0.135. The first-order chi connectivity index (χ1) is 15.4. The van der Waals surface area contributed by atoms with Gasteiger partial charge in [-0.3, -0.25) is 0 Å². The Bertz CT molecular complexity index is 1150. The number of nitrogens with zero attached hydrogens (tertiary/aromatic N) is 5. The van der Waals surface area contributed by atoms with Gasteiger partial charge in [0.25, 0.3) is 0 Å². The van der Waals surface area contributed by atoms with Crippen molar-refractivity contribution < 1.29 is 22.7 Å². The predicted molar refractivity (Wildman–Crippen MR) is 120 cm³/mol. The second kappa shape index (κ2) is 9.60. The van der Waals surface area contributed by atoms with Gasteiger partial charge in [0.1, 0.15) is 23.1 Å². The molecule has 0 saturated carbocycles. The van der Waals surface area contributed by atoms with Crippen molar-refractivity contribution in [2.24, 2.45) is 5.14 Å². The molecule has 1 amide bonds. The Labute approximate surface area is 192 Å². The molecular weight excluding hydrogens is 448 g/mol. The van der Waals surface area contributed by atoms with E-state index in [0.717, 1.165) is 0 Å². The molecule has 1 aliphatic heterocycles. The highest BCUT2D eigenvalue weighted by molar-refractivity contribution is 7.88. The lowest BCUT2D eigenvalue weighted by Gasteiger charge is -2.35. The van der Waals surface area contributed by atoms with E-state index in [1.54, 1.807) is 29.2 Å². The molecule has 2 heterocycles. The van der Waals surface area contributed by atoms with Crippen molar-refractivity contribution in [2.45, 2.75) is 32.1 Å². The van der Waals surface area contributed by atoms with Crippen LogP contribution in [0.3, 0.4) is 0 Å².